The van der Waals surface area contributed by atoms with Crippen LogP contribution in [-0.4, -0.2) is 56.1 Å². The van der Waals surface area contributed by atoms with Gasteiger partial charge < -0.3 is 24.1 Å². The molecule has 0 radical (unpaired) electrons. The van der Waals surface area contributed by atoms with E-state index >= 15 is 0 Å². The maximum Gasteiger partial charge on any atom is 0.186 e. The van der Waals surface area contributed by atoms with E-state index in [1.165, 1.54) is 7.11 Å². The molecule has 2 heterocycles. The summed E-state index contributed by atoms with van der Waals surface area (Å²) in [5, 5.41) is 9.89. The quantitative estimate of drug-likeness (QED) is 0.653. The van der Waals surface area contributed by atoms with Crippen LogP contribution in [0.5, 0.6) is 0 Å². The molecule has 0 aromatic carbocycles. The van der Waals surface area contributed by atoms with Crippen molar-refractivity contribution in [1.29, 1.82) is 0 Å². The Bertz CT molecular complexity index is 232. The highest BCUT2D eigenvalue weighted by Crippen LogP contribution is 2.32. The molecule has 0 saturated carbocycles. The lowest BCUT2D eigenvalue weighted by atomic mass is 9.95. The Kier molecular flexibility index (Phi) is 3.38. The minimum Gasteiger partial charge on any atom is -0.385 e. The highest BCUT2D eigenvalue weighted by molar-refractivity contribution is 4.96. The summed E-state index contributed by atoms with van der Waals surface area (Å²) in [6.45, 7) is 4.47. The van der Waals surface area contributed by atoms with Crippen molar-refractivity contribution < 1.29 is 24.1 Å². The van der Waals surface area contributed by atoms with Crippen LogP contribution in [0.1, 0.15) is 0 Å². The fourth-order valence-electron chi connectivity index (χ4n) is 1.88. The maximum absolute atomic E-state index is 9.89. The van der Waals surface area contributed by atoms with Gasteiger partial charge in [-0.25, -0.2) is 0 Å². The summed E-state index contributed by atoms with van der Waals surface area (Å²) in [7, 11) is 1.50. The highest BCUT2D eigenvalue weighted by Gasteiger charge is 2.51. The third-order valence-corrected chi connectivity index (χ3v) is 2.71. The fraction of sp³-hybridized carbons (Fsp3) is 0.800. The number of ether oxygens (including phenoxy) is 4. The number of hydrogen-bond donors (Lipinski definition) is 1. The molecule has 5 atom stereocenters. The highest BCUT2D eigenvalue weighted by atomic mass is 16.7. The minimum atomic E-state index is -0.823. The van der Waals surface area contributed by atoms with Crippen LogP contribution >= 0.6 is 0 Å². The van der Waals surface area contributed by atoms with Crippen molar-refractivity contribution in [3.63, 3.8) is 0 Å². The van der Waals surface area contributed by atoms with E-state index in [-0.39, 0.29) is 12.2 Å². The van der Waals surface area contributed by atoms with Gasteiger partial charge in [0, 0.05) is 7.11 Å². The molecular formula is C10H16O5. The molecule has 0 bridgehead atoms. The first-order valence-corrected chi connectivity index (χ1v) is 4.98. The Morgan fingerprint density at radius 1 is 1.60 bits per heavy atom. The van der Waals surface area contributed by atoms with Gasteiger partial charge in [0.25, 0.3) is 0 Å². The smallest absolute Gasteiger partial charge is 0.186 e. The number of aliphatic hydroxyl groups excluding tert-OH is 1. The van der Waals surface area contributed by atoms with Gasteiger partial charge in [-0.3, -0.25) is 0 Å². The van der Waals surface area contributed by atoms with E-state index in [1.807, 2.05) is 0 Å². The summed E-state index contributed by atoms with van der Waals surface area (Å²) in [6.07, 6.45) is -0.445. The molecule has 0 amide bonds. The number of hydrogen-bond acceptors (Lipinski definition) is 5. The number of methoxy groups -OCH3 is 1. The van der Waals surface area contributed by atoms with Gasteiger partial charge in [0.2, 0.25) is 0 Å². The zero-order chi connectivity index (χ0) is 10.8. The van der Waals surface area contributed by atoms with Crippen molar-refractivity contribution in [2.45, 2.75) is 30.7 Å². The van der Waals surface area contributed by atoms with E-state index in [9.17, 15) is 5.11 Å². The Morgan fingerprint density at radius 3 is 2.93 bits per heavy atom. The molecule has 5 nitrogen and oxygen atoms in total. The number of fused-ring (bicyclic) bond motifs is 1. The molecule has 2 aliphatic rings. The number of rotatable bonds is 4. The fourth-order valence-corrected chi connectivity index (χ4v) is 1.88. The molecule has 5 heteroatoms. The topological polar surface area (TPSA) is 57.2 Å². The van der Waals surface area contributed by atoms with Crippen LogP contribution in [-0.2, 0) is 18.9 Å². The van der Waals surface area contributed by atoms with Crippen LogP contribution in [0.2, 0.25) is 0 Å². The molecule has 0 aromatic rings. The van der Waals surface area contributed by atoms with E-state index in [0.29, 0.717) is 13.2 Å². The first kappa shape index (κ1) is 11.0. The van der Waals surface area contributed by atoms with Crippen molar-refractivity contribution >= 4 is 0 Å². The lowest BCUT2D eigenvalue weighted by molar-refractivity contribution is -0.350. The van der Waals surface area contributed by atoms with Crippen molar-refractivity contribution in [3.8, 4) is 0 Å². The Hall–Kier alpha value is -0.460. The van der Waals surface area contributed by atoms with Crippen LogP contribution in [0.4, 0.5) is 0 Å². The zero-order valence-electron chi connectivity index (χ0n) is 8.67. The van der Waals surface area contributed by atoms with Crippen LogP contribution in [0.15, 0.2) is 12.7 Å². The van der Waals surface area contributed by atoms with E-state index in [2.05, 4.69) is 6.58 Å². The van der Waals surface area contributed by atoms with Crippen molar-refractivity contribution in [2.75, 3.05) is 20.3 Å². The molecule has 0 spiro atoms. The average Bonchev–Trinajstić information content (AvgIpc) is 2.21. The Labute approximate surface area is 88.6 Å². The van der Waals surface area contributed by atoms with Crippen molar-refractivity contribution in [2.24, 2.45) is 0 Å². The molecule has 2 saturated heterocycles. The standard InChI is InChI=1S/C10H16O5/c1-3-4-13-9-7(11)10(12-2)15-6-5-14-8(6)9/h3,6-11H,1,4-5H2,2H3. The van der Waals surface area contributed by atoms with Crippen LogP contribution in [0.25, 0.3) is 0 Å². The molecule has 1 N–H and O–H groups in total. The lowest BCUT2D eigenvalue weighted by Crippen LogP contribution is -2.66. The first-order chi connectivity index (χ1) is 7.27. The predicted molar refractivity (Wildman–Crippen MR) is 51.4 cm³/mol. The third-order valence-electron chi connectivity index (χ3n) is 2.71. The molecule has 86 valence electrons. The zero-order valence-corrected chi connectivity index (χ0v) is 8.67. The van der Waals surface area contributed by atoms with E-state index < -0.39 is 18.5 Å². The second kappa shape index (κ2) is 4.59. The molecule has 15 heavy (non-hydrogen) atoms. The van der Waals surface area contributed by atoms with Crippen LogP contribution in [0, 0.1) is 0 Å². The maximum atomic E-state index is 9.89. The second-order valence-corrected chi connectivity index (χ2v) is 3.65. The Balaban J connectivity index is 2.00. The van der Waals surface area contributed by atoms with Crippen molar-refractivity contribution in [1.82, 2.24) is 0 Å². The normalized spacial score (nSPS) is 44.3. The van der Waals surface area contributed by atoms with Gasteiger partial charge in [-0.05, 0) is 0 Å². The molecule has 0 aliphatic carbocycles. The average molecular weight is 216 g/mol. The third kappa shape index (κ3) is 1.93. The summed E-state index contributed by atoms with van der Waals surface area (Å²) in [5.74, 6) is 0. The number of aliphatic hydroxyl groups is 1. The Morgan fingerprint density at radius 2 is 2.40 bits per heavy atom. The van der Waals surface area contributed by atoms with Gasteiger partial charge in [0.15, 0.2) is 6.29 Å². The predicted octanol–water partition coefficient (Wildman–Crippen LogP) is -0.311. The molecule has 2 rings (SSSR count). The summed E-state index contributed by atoms with van der Waals surface area (Å²) in [6, 6.07) is 0. The van der Waals surface area contributed by atoms with Gasteiger partial charge in [-0.1, -0.05) is 6.08 Å². The van der Waals surface area contributed by atoms with Gasteiger partial charge >= 0.3 is 0 Å². The van der Waals surface area contributed by atoms with Crippen LogP contribution in [0.3, 0.4) is 0 Å². The summed E-state index contributed by atoms with van der Waals surface area (Å²) in [5.41, 5.74) is 0. The molecular weight excluding hydrogens is 200 g/mol. The van der Waals surface area contributed by atoms with E-state index in [0.717, 1.165) is 0 Å². The molecule has 2 fully saturated rings. The van der Waals surface area contributed by atoms with Gasteiger partial charge in [0.05, 0.1) is 13.2 Å². The van der Waals surface area contributed by atoms with Crippen molar-refractivity contribution in [3.05, 3.63) is 12.7 Å². The molecule has 2 aliphatic heterocycles. The van der Waals surface area contributed by atoms with Crippen LogP contribution < -0.4 is 0 Å². The van der Waals surface area contributed by atoms with Gasteiger partial charge in [0.1, 0.15) is 24.4 Å². The second-order valence-electron chi connectivity index (χ2n) is 3.65. The van der Waals surface area contributed by atoms with Gasteiger partial charge in [-0.15, -0.1) is 6.58 Å². The molecule has 5 unspecified atom stereocenters. The van der Waals surface area contributed by atoms with E-state index in [1.54, 1.807) is 6.08 Å². The molecule has 0 aromatic heterocycles. The first-order valence-electron chi connectivity index (χ1n) is 4.98. The summed E-state index contributed by atoms with van der Waals surface area (Å²) < 4.78 is 21.3. The summed E-state index contributed by atoms with van der Waals surface area (Å²) >= 11 is 0. The summed E-state index contributed by atoms with van der Waals surface area (Å²) in [4.78, 5) is 0. The van der Waals surface area contributed by atoms with Gasteiger partial charge in [-0.2, -0.15) is 0 Å². The monoisotopic (exact) mass is 216 g/mol. The van der Waals surface area contributed by atoms with E-state index in [4.69, 9.17) is 18.9 Å². The lowest BCUT2D eigenvalue weighted by Gasteiger charge is -2.49. The SMILES string of the molecule is C=CCOC1C(O)C(OC)OC2COC21. The largest absolute Gasteiger partial charge is 0.385 e. The minimum absolute atomic E-state index is 0.0341.